The first-order valence-corrected chi connectivity index (χ1v) is 5.64. The van der Waals surface area contributed by atoms with E-state index in [1.165, 1.54) is 10.4 Å². The number of nitrogens with zero attached hydrogens (tertiary/aromatic N) is 1. The van der Waals surface area contributed by atoms with Crippen LogP contribution in [-0.4, -0.2) is 7.11 Å². The molecule has 0 radical (unpaired) electrons. The minimum Gasteiger partial charge on any atom is -0.377 e. The Morgan fingerprint density at radius 3 is 3.00 bits per heavy atom. The number of fused-ring (bicyclic) bond motifs is 1. The van der Waals surface area contributed by atoms with Crippen molar-refractivity contribution in [2.24, 2.45) is 0 Å². The summed E-state index contributed by atoms with van der Waals surface area (Å²) in [4.78, 5) is 2.16. The van der Waals surface area contributed by atoms with Crippen LogP contribution in [0, 0.1) is 11.3 Å². The first-order valence-electron chi connectivity index (χ1n) is 4.82. The summed E-state index contributed by atoms with van der Waals surface area (Å²) < 4.78 is 5.42. The van der Waals surface area contributed by atoms with Gasteiger partial charge < -0.3 is 4.74 Å². The zero-order valence-electron chi connectivity index (χ0n) is 8.41. The third kappa shape index (κ3) is 1.45. The van der Waals surface area contributed by atoms with E-state index in [0.29, 0.717) is 5.92 Å². The number of thiophene rings is 1. The number of ether oxygens (including phenoxy) is 1. The molecule has 74 valence electrons. The minimum atomic E-state index is 0.208. The maximum absolute atomic E-state index is 8.85. The highest BCUT2D eigenvalue weighted by Gasteiger charge is 2.27. The summed E-state index contributed by atoms with van der Waals surface area (Å²) in [5.41, 5.74) is 1.24. The Balaban J connectivity index is 2.44. The van der Waals surface area contributed by atoms with Crippen molar-refractivity contribution in [3.63, 3.8) is 0 Å². The van der Waals surface area contributed by atoms with Crippen LogP contribution in [0.2, 0.25) is 0 Å². The van der Waals surface area contributed by atoms with E-state index in [1.54, 1.807) is 18.4 Å². The van der Waals surface area contributed by atoms with Gasteiger partial charge in [-0.3, -0.25) is 0 Å². The zero-order chi connectivity index (χ0) is 10.1. The summed E-state index contributed by atoms with van der Waals surface area (Å²) in [5.74, 6) is 0.587. The number of hydrogen-bond acceptors (Lipinski definition) is 3. The molecule has 1 aliphatic carbocycles. The normalized spacial score (nSPS) is 25.5. The lowest BCUT2D eigenvalue weighted by Crippen LogP contribution is -2.11. The Morgan fingerprint density at radius 1 is 1.57 bits per heavy atom. The number of hydrogen-bond donors (Lipinski definition) is 0. The van der Waals surface area contributed by atoms with Crippen LogP contribution in [-0.2, 0) is 4.74 Å². The lowest BCUT2D eigenvalue weighted by atomic mass is 9.88. The van der Waals surface area contributed by atoms with Gasteiger partial charge in [0.2, 0.25) is 0 Å². The molecule has 1 aromatic rings. The molecule has 0 fully saturated rings. The van der Waals surface area contributed by atoms with Gasteiger partial charge in [0, 0.05) is 12.0 Å². The topological polar surface area (TPSA) is 33.0 Å². The van der Waals surface area contributed by atoms with Crippen molar-refractivity contribution in [3.8, 4) is 6.07 Å². The van der Waals surface area contributed by atoms with E-state index in [1.807, 2.05) is 6.07 Å². The summed E-state index contributed by atoms with van der Waals surface area (Å²) in [5, 5.41) is 8.85. The second kappa shape index (κ2) is 3.72. The van der Waals surface area contributed by atoms with Crippen molar-refractivity contribution in [1.29, 1.82) is 5.26 Å². The fraction of sp³-hybridized carbons (Fsp3) is 0.545. The Morgan fingerprint density at radius 2 is 2.36 bits per heavy atom. The smallest absolute Gasteiger partial charge is 0.110 e. The fourth-order valence-corrected chi connectivity index (χ4v) is 3.14. The predicted octanol–water partition coefficient (Wildman–Crippen LogP) is 3.20. The molecule has 0 N–H and O–H groups in total. The first kappa shape index (κ1) is 9.70. The summed E-state index contributed by atoms with van der Waals surface area (Å²) in [7, 11) is 1.74. The highest BCUT2D eigenvalue weighted by atomic mass is 32.1. The molecule has 0 saturated carbocycles. The van der Waals surface area contributed by atoms with Crippen LogP contribution in [0.5, 0.6) is 0 Å². The molecular formula is C11H13NOS. The van der Waals surface area contributed by atoms with E-state index >= 15 is 0 Å². The summed E-state index contributed by atoms with van der Waals surface area (Å²) >= 11 is 1.62. The average Bonchev–Trinajstić information content (AvgIpc) is 2.63. The van der Waals surface area contributed by atoms with Crippen molar-refractivity contribution >= 4 is 11.3 Å². The van der Waals surface area contributed by atoms with E-state index in [4.69, 9.17) is 10.00 Å². The van der Waals surface area contributed by atoms with Crippen molar-refractivity contribution in [2.75, 3.05) is 7.11 Å². The van der Waals surface area contributed by atoms with Crippen LogP contribution in [0.4, 0.5) is 0 Å². The van der Waals surface area contributed by atoms with Gasteiger partial charge in [-0.25, -0.2) is 0 Å². The molecule has 2 nitrogen and oxygen atoms in total. The van der Waals surface area contributed by atoms with Crippen LogP contribution in [0.3, 0.4) is 0 Å². The van der Waals surface area contributed by atoms with Gasteiger partial charge in [0.25, 0.3) is 0 Å². The van der Waals surface area contributed by atoms with Gasteiger partial charge in [0.1, 0.15) is 10.9 Å². The molecule has 2 rings (SSSR count). The SMILES string of the molecule is COC1CCC(C)c2sc(C#N)cc21. The van der Waals surface area contributed by atoms with Crippen LogP contribution in [0.1, 0.15) is 47.1 Å². The lowest BCUT2D eigenvalue weighted by Gasteiger charge is -2.25. The number of nitriles is 1. The van der Waals surface area contributed by atoms with Crippen LogP contribution >= 0.6 is 11.3 Å². The van der Waals surface area contributed by atoms with Crippen molar-refractivity contribution in [1.82, 2.24) is 0 Å². The Labute approximate surface area is 88.1 Å². The Kier molecular flexibility index (Phi) is 2.58. The molecule has 3 heteroatoms. The molecule has 14 heavy (non-hydrogen) atoms. The molecule has 1 heterocycles. The molecule has 0 bridgehead atoms. The summed E-state index contributed by atoms with van der Waals surface area (Å²) in [6, 6.07) is 4.20. The molecule has 0 saturated heterocycles. The van der Waals surface area contributed by atoms with E-state index in [2.05, 4.69) is 13.0 Å². The van der Waals surface area contributed by atoms with Gasteiger partial charge in [-0.1, -0.05) is 6.92 Å². The minimum absolute atomic E-state index is 0.208. The molecule has 0 amide bonds. The van der Waals surface area contributed by atoms with Crippen LogP contribution in [0.25, 0.3) is 0 Å². The fourth-order valence-electron chi connectivity index (χ4n) is 2.04. The van der Waals surface area contributed by atoms with Gasteiger partial charge in [-0.2, -0.15) is 5.26 Å². The molecule has 2 atom stereocenters. The third-order valence-corrected chi connectivity index (χ3v) is 4.13. The van der Waals surface area contributed by atoms with Gasteiger partial charge in [0.15, 0.2) is 0 Å². The van der Waals surface area contributed by atoms with Gasteiger partial charge in [0.05, 0.1) is 6.10 Å². The second-order valence-electron chi connectivity index (χ2n) is 3.74. The van der Waals surface area contributed by atoms with Gasteiger partial charge in [-0.05, 0) is 30.4 Å². The Bertz CT molecular complexity index is 377. The second-order valence-corrected chi connectivity index (χ2v) is 4.83. The molecule has 0 spiro atoms. The van der Waals surface area contributed by atoms with Crippen molar-refractivity contribution in [2.45, 2.75) is 31.8 Å². The molecular weight excluding hydrogens is 194 g/mol. The first-order chi connectivity index (χ1) is 6.76. The average molecular weight is 207 g/mol. The molecule has 1 aliphatic rings. The van der Waals surface area contributed by atoms with Gasteiger partial charge in [-0.15, -0.1) is 11.3 Å². The predicted molar refractivity (Wildman–Crippen MR) is 56.4 cm³/mol. The quantitative estimate of drug-likeness (QED) is 0.708. The molecule has 1 aromatic heterocycles. The van der Waals surface area contributed by atoms with Crippen LogP contribution in [0.15, 0.2) is 6.07 Å². The highest BCUT2D eigenvalue weighted by Crippen LogP contribution is 2.43. The maximum atomic E-state index is 8.85. The highest BCUT2D eigenvalue weighted by molar-refractivity contribution is 7.12. The lowest BCUT2D eigenvalue weighted by molar-refractivity contribution is 0.0859. The van der Waals surface area contributed by atoms with E-state index in [0.717, 1.165) is 17.7 Å². The van der Waals surface area contributed by atoms with E-state index in [-0.39, 0.29) is 6.10 Å². The summed E-state index contributed by atoms with van der Waals surface area (Å²) in [6.45, 7) is 2.22. The molecule has 0 aliphatic heterocycles. The van der Waals surface area contributed by atoms with E-state index in [9.17, 15) is 0 Å². The number of methoxy groups -OCH3 is 1. The molecule has 0 aromatic carbocycles. The maximum Gasteiger partial charge on any atom is 0.110 e. The number of rotatable bonds is 1. The third-order valence-electron chi connectivity index (χ3n) is 2.84. The van der Waals surface area contributed by atoms with Crippen molar-refractivity contribution in [3.05, 3.63) is 21.4 Å². The standard InChI is InChI=1S/C11H13NOS/c1-7-3-4-10(13-2)9-5-8(6-12)14-11(7)9/h5,7,10H,3-4H2,1-2H3. The monoisotopic (exact) mass is 207 g/mol. The largest absolute Gasteiger partial charge is 0.377 e. The zero-order valence-corrected chi connectivity index (χ0v) is 9.23. The van der Waals surface area contributed by atoms with Crippen molar-refractivity contribution < 1.29 is 4.74 Å². The summed E-state index contributed by atoms with van der Waals surface area (Å²) in [6.07, 6.45) is 2.45. The van der Waals surface area contributed by atoms with E-state index < -0.39 is 0 Å². The van der Waals surface area contributed by atoms with Gasteiger partial charge >= 0.3 is 0 Å². The van der Waals surface area contributed by atoms with Crippen LogP contribution < -0.4 is 0 Å². The molecule has 2 unspecified atom stereocenters. The Hall–Kier alpha value is -0.850.